The van der Waals surface area contributed by atoms with Crippen molar-refractivity contribution in [1.82, 2.24) is 10.2 Å². The van der Waals surface area contributed by atoms with Crippen LogP contribution in [0.2, 0.25) is 0 Å². The second kappa shape index (κ2) is 9.46. The van der Waals surface area contributed by atoms with Gasteiger partial charge in [0.2, 0.25) is 5.91 Å². The van der Waals surface area contributed by atoms with Gasteiger partial charge in [-0.3, -0.25) is 9.69 Å². The van der Waals surface area contributed by atoms with E-state index in [9.17, 15) is 9.90 Å². The minimum absolute atomic E-state index is 0.213. The van der Waals surface area contributed by atoms with E-state index in [1.807, 2.05) is 12.1 Å². The van der Waals surface area contributed by atoms with Gasteiger partial charge in [0.1, 0.15) is 5.75 Å². The Morgan fingerprint density at radius 3 is 2.64 bits per heavy atom. The molecule has 1 heterocycles. The van der Waals surface area contributed by atoms with Gasteiger partial charge in [-0.2, -0.15) is 12.6 Å². The Bertz CT molecular complexity index is 552. The molecule has 0 radical (unpaired) electrons. The van der Waals surface area contributed by atoms with E-state index in [1.54, 1.807) is 12.1 Å². The van der Waals surface area contributed by atoms with E-state index in [0.717, 1.165) is 44.5 Å². The summed E-state index contributed by atoms with van der Waals surface area (Å²) >= 11 is 4.55. The van der Waals surface area contributed by atoms with Gasteiger partial charge < -0.3 is 16.2 Å². The molecule has 0 bridgehead atoms. The van der Waals surface area contributed by atoms with Gasteiger partial charge in [-0.15, -0.1) is 0 Å². The number of carbonyl (C=O) groups is 1. The number of phenolic OH excluding ortho intramolecular Hbond substituents is 1. The number of thiol groups is 1. The van der Waals surface area contributed by atoms with Crippen LogP contribution in [0.15, 0.2) is 24.3 Å². The van der Waals surface area contributed by atoms with Gasteiger partial charge >= 0.3 is 0 Å². The van der Waals surface area contributed by atoms with Crippen molar-refractivity contribution in [2.24, 2.45) is 11.7 Å². The molecule has 0 spiro atoms. The monoisotopic (exact) mass is 365 g/mol. The molecule has 4 atom stereocenters. The summed E-state index contributed by atoms with van der Waals surface area (Å²) in [4.78, 5) is 14.4. The van der Waals surface area contributed by atoms with Crippen LogP contribution in [-0.2, 0) is 11.2 Å². The maximum Gasteiger partial charge on any atom is 0.235 e. The van der Waals surface area contributed by atoms with Crippen molar-refractivity contribution < 1.29 is 9.90 Å². The molecule has 1 aromatic carbocycles. The number of nitrogens with zero attached hydrogens (tertiary/aromatic N) is 1. The summed E-state index contributed by atoms with van der Waals surface area (Å²) in [5, 5.41) is 13.3. The molecule has 0 aromatic heterocycles. The third-order valence-electron chi connectivity index (χ3n) is 5.15. The number of carbonyl (C=O) groups excluding carboxylic acids is 1. The second-order valence-electron chi connectivity index (χ2n) is 7.14. The first-order valence-electron chi connectivity index (χ1n) is 9.13. The van der Waals surface area contributed by atoms with Crippen molar-refractivity contribution >= 4 is 18.5 Å². The van der Waals surface area contributed by atoms with Gasteiger partial charge in [0.05, 0.1) is 6.04 Å². The third-order valence-corrected chi connectivity index (χ3v) is 5.54. The fourth-order valence-electron chi connectivity index (χ4n) is 3.54. The van der Waals surface area contributed by atoms with Crippen LogP contribution in [-0.4, -0.2) is 52.9 Å². The Morgan fingerprint density at radius 2 is 2.12 bits per heavy atom. The summed E-state index contributed by atoms with van der Waals surface area (Å²) in [5.41, 5.74) is 6.90. The predicted octanol–water partition coefficient (Wildman–Crippen LogP) is 1.80. The van der Waals surface area contributed by atoms with E-state index in [1.165, 1.54) is 0 Å². The zero-order valence-electron chi connectivity index (χ0n) is 15.2. The third kappa shape index (κ3) is 5.90. The van der Waals surface area contributed by atoms with Gasteiger partial charge in [0, 0.05) is 30.9 Å². The Morgan fingerprint density at radius 1 is 1.44 bits per heavy atom. The lowest BCUT2D eigenvalue weighted by atomic mass is 9.95. The SMILES string of the molecule is CC[C@H](C)[C@@H](C(N)=O)N(CCc1ccc(O)cc1)C[C@@H]1C[C@H](S)CN1. The minimum atomic E-state index is -0.261. The molecule has 1 amide bonds. The molecule has 1 aromatic rings. The molecule has 0 saturated carbocycles. The largest absolute Gasteiger partial charge is 0.508 e. The average Bonchev–Trinajstić information content (AvgIpc) is 2.98. The normalized spacial score (nSPS) is 22.9. The number of rotatable bonds is 9. The topological polar surface area (TPSA) is 78.6 Å². The molecular weight excluding hydrogens is 334 g/mol. The lowest BCUT2D eigenvalue weighted by Gasteiger charge is -2.35. The number of benzene rings is 1. The maximum atomic E-state index is 12.1. The van der Waals surface area contributed by atoms with Gasteiger partial charge in [0.25, 0.3) is 0 Å². The summed E-state index contributed by atoms with van der Waals surface area (Å²) in [6.07, 6.45) is 2.74. The lowest BCUT2D eigenvalue weighted by Crippen LogP contribution is -2.52. The molecule has 1 fully saturated rings. The molecule has 1 aliphatic rings. The van der Waals surface area contributed by atoms with Gasteiger partial charge in [-0.1, -0.05) is 32.4 Å². The quantitative estimate of drug-likeness (QED) is 0.503. The van der Waals surface area contributed by atoms with Crippen LogP contribution in [0.5, 0.6) is 5.75 Å². The highest BCUT2D eigenvalue weighted by Gasteiger charge is 2.32. The summed E-state index contributed by atoms with van der Waals surface area (Å²) in [7, 11) is 0. The number of nitrogens with one attached hydrogen (secondary N) is 1. The first-order chi connectivity index (χ1) is 11.9. The van der Waals surface area contributed by atoms with E-state index in [0.29, 0.717) is 11.3 Å². The van der Waals surface area contributed by atoms with Crippen molar-refractivity contribution in [2.75, 3.05) is 19.6 Å². The minimum Gasteiger partial charge on any atom is -0.508 e. The van der Waals surface area contributed by atoms with Crippen molar-refractivity contribution in [3.05, 3.63) is 29.8 Å². The van der Waals surface area contributed by atoms with Gasteiger partial charge in [-0.05, 0) is 36.5 Å². The van der Waals surface area contributed by atoms with Crippen molar-refractivity contribution in [3.8, 4) is 5.75 Å². The highest BCUT2D eigenvalue weighted by atomic mass is 32.1. The predicted molar refractivity (Wildman–Crippen MR) is 105 cm³/mol. The standard InChI is InChI=1S/C19H31N3O2S/c1-3-13(2)18(19(20)24)22(12-15-10-17(25)11-21-15)9-8-14-4-6-16(23)7-5-14/h4-7,13,15,17-18,21,23,25H,3,8-12H2,1-2H3,(H2,20,24)/t13-,15-,17-,18-/m0/s1. The Kier molecular flexibility index (Phi) is 7.59. The second-order valence-corrected chi connectivity index (χ2v) is 7.87. The van der Waals surface area contributed by atoms with Crippen molar-refractivity contribution in [3.63, 3.8) is 0 Å². The van der Waals surface area contributed by atoms with E-state index in [4.69, 9.17) is 5.73 Å². The van der Waals surface area contributed by atoms with Crippen LogP contribution in [0.4, 0.5) is 0 Å². The smallest absolute Gasteiger partial charge is 0.235 e. The Balaban J connectivity index is 2.09. The number of nitrogens with two attached hydrogens (primary N) is 1. The van der Waals surface area contributed by atoms with Crippen LogP contribution < -0.4 is 11.1 Å². The first kappa shape index (κ1) is 20.1. The average molecular weight is 366 g/mol. The van der Waals surface area contributed by atoms with E-state index >= 15 is 0 Å². The van der Waals surface area contributed by atoms with Crippen LogP contribution >= 0.6 is 12.6 Å². The summed E-state index contributed by atoms with van der Waals surface area (Å²) < 4.78 is 0. The zero-order chi connectivity index (χ0) is 18.4. The van der Waals surface area contributed by atoms with Crippen LogP contribution in [0.1, 0.15) is 32.3 Å². The van der Waals surface area contributed by atoms with Crippen LogP contribution in [0.3, 0.4) is 0 Å². The van der Waals surface area contributed by atoms with Crippen molar-refractivity contribution in [1.29, 1.82) is 0 Å². The van der Waals surface area contributed by atoms with Crippen LogP contribution in [0.25, 0.3) is 0 Å². The molecule has 25 heavy (non-hydrogen) atoms. The lowest BCUT2D eigenvalue weighted by molar-refractivity contribution is -0.125. The maximum absolute atomic E-state index is 12.1. The molecule has 1 aliphatic heterocycles. The molecule has 2 rings (SSSR count). The van der Waals surface area contributed by atoms with Gasteiger partial charge in [-0.25, -0.2) is 0 Å². The molecule has 0 aliphatic carbocycles. The molecule has 140 valence electrons. The number of hydrogen-bond acceptors (Lipinski definition) is 5. The Labute approximate surface area is 156 Å². The van der Waals surface area contributed by atoms with E-state index < -0.39 is 0 Å². The first-order valence-corrected chi connectivity index (χ1v) is 9.65. The van der Waals surface area contributed by atoms with E-state index in [-0.39, 0.29) is 23.6 Å². The fraction of sp³-hybridized carbons (Fsp3) is 0.632. The number of phenols is 1. The number of amides is 1. The number of aromatic hydroxyl groups is 1. The molecule has 1 saturated heterocycles. The molecule has 5 nitrogen and oxygen atoms in total. The number of primary amides is 1. The molecular formula is C19H31N3O2S. The summed E-state index contributed by atoms with van der Waals surface area (Å²) in [6, 6.07) is 7.32. The molecule has 0 unspecified atom stereocenters. The molecule has 4 N–H and O–H groups in total. The zero-order valence-corrected chi connectivity index (χ0v) is 16.1. The molecule has 6 heteroatoms. The summed E-state index contributed by atoms with van der Waals surface area (Å²) in [5.74, 6) is 0.233. The highest BCUT2D eigenvalue weighted by molar-refractivity contribution is 7.81. The van der Waals surface area contributed by atoms with Crippen molar-refractivity contribution in [2.45, 2.75) is 50.4 Å². The number of hydrogen-bond donors (Lipinski definition) is 4. The van der Waals surface area contributed by atoms with Crippen LogP contribution in [0, 0.1) is 5.92 Å². The van der Waals surface area contributed by atoms with Gasteiger partial charge in [0.15, 0.2) is 0 Å². The highest BCUT2D eigenvalue weighted by Crippen LogP contribution is 2.20. The summed E-state index contributed by atoms with van der Waals surface area (Å²) in [6.45, 7) is 6.65. The fourth-order valence-corrected chi connectivity index (χ4v) is 3.90. The van der Waals surface area contributed by atoms with E-state index in [2.05, 4.69) is 36.7 Å². The Hall–Kier alpha value is -1.24.